The monoisotopic (exact) mass is 355 g/mol. The maximum absolute atomic E-state index is 12.7. The molecule has 0 aromatic heterocycles. The SMILES string of the molecule is O=C(NC(c1ccccc1)c1ccccc1)c1ccc(C(F)(F)F)cc1. The Kier molecular flexibility index (Phi) is 5.07. The van der Waals surface area contributed by atoms with Gasteiger partial charge in [-0.15, -0.1) is 0 Å². The smallest absolute Gasteiger partial charge is 0.341 e. The summed E-state index contributed by atoms with van der Waals surface area (Å²) in [6, 6.07) is 22.6. The van der Waals surface area contributed by atoms with E-state index in [0.29, 0.717) is 0 Å². The van der Waals surface area contributed by atoms with Crippen LogP contribution in [0.15, 0.2) is 84.9 Å². The molecule has 2 nitrogen and oxygen atoms in total. The second kappa shape index (κ2) is 7.44. The summed E-state index contributed by atoms with van der Waals surface area (Å²) >= 11 is 0. The normalized spacial score (nSPS) is 11.4. The Labute approximate surface area is 149 Å². The number of hydrogen-bond acceptors (Lipinski definition) is 1. The van der Waals surface area contributed by atoms with E-state index in [4.69, 9.17) is 0 Å². The molecule has 0 saturated carbocycles. The number of alkyl halides is 3. The largest absolute Gasteiger partial charge is 0.416 e. The van der Waals surface area contributed by atoms with Crippen LogP contribution in [0, 0.1) is 0 Å². The third-order valence-electron chi connectivity index (χ3n) is 4.02. The summed E-state index contributed by atoms with van der Waals surface area (Å²) in [5.41, 5.74) is 1.17. The van der Waals surface area contributed by atoms with Gasteiger partial charge in [0.15, 0.2) is 0 Å². The van der Waals surface area contributed by atoms with Crippen LogP contribution in [0.25, 0.3) is 0 Å². The predicted octanol–water partition coefficient (Wildman–Crippen LogP) is 5.22. The fourth-order valence-corrected chi connectivity index (χ4v) is 2.68. The minimum absolute atomic E-state index is 0.176. The van der Waals surface area contributed by atoms with Gasteiger partial charge in [-0.05, 0) is 35.4 Å². The average Bonchev–Trinajstić information content (AvgIpc) is 2.67. The zero-order chi connectivity index (χ0) is 18.6. The molecule has 0 bridgehead atoms. The zero-order valence-electron chi connectivity index (χ0n) is 13.7. The lowest BCUT2D eigenvalue weighted by atomic mass is 9.98. The van der Waals surface area contributed by atoms with Crippen molar-refractivity contribution in [1.82, 2.24) is 5.32 Å². The van der Waals surface area contributed by atoms with E-state index in [2.05, 4.69) is 5.32 Å². The van der Waals surface area contributed by atoms with Crippen molar-refractivity contribution < 1.29 is 18.0 Å². The Morgan fingerprint density at radius 2 is 1.19 bits per heavy atom. The molecular formula is C21H16F3NO. The van der Waals surface area contributed by atoms with Gasteiger partial charge in [-0.25, -0.2) is 0 Å². The van der Waals surface area contributed by atoms with E-state index in [9.17, 15) is 18.0 Å². The number of nitrogens with one attached hydrogen (secondary N) is 1. The zero-order valence-corrected chi connectivity index (χ0v) is 13.7. The summed E-state index contributed by atoms with van der Waals surface area (Å²) in [5.74, 6) is -0.434. The molecular weight excluding hydrogens is 339 g/mol. The van der Waals surface area contributed by atoms with Crippen molar-refractivity contribution in [3.63, 3.8) is 0 Å². The van der Waals surface area contributed by atoms with Gasteiger partial charge in [-0.2, -0.15) is 13.2 Å². The maximum atomic E-state index is 12.7. The Morgan fingerprint density at radius 3 is 1.62 bits per heavy atom. The summed E-state index contributed by atoms with van der Waals surface area (Å²) < 4.78 is 38.0. The molecule has 3 aromatic rings. The summed E-state index contributed by atoms with van der Waals surface area (Å²) in [4.78, 5) is 12.6. The molecule has 5 heteroatoms. The van der Waals surface area contributed by atoms with E-state index in [1.807, 2.05) is 60.7 Å². The number of halogens is 3. The molecule has 0 aliphatic heterocycles. The van der Waals surface area contributed by atoms with Crippen molar-refractivity contribution >= 4 is 5.91 Å². The van der Waals surface area contributed by atoms with Crippen molar-refractivity contribution in [2.45, 2.75) is 12.2 Å². The topological polar surface area (TPSA) is 29.1 Å². The number of carbonyl (C=O) groups excluding carboxylic acids is 1. The molecule has 0 saturated heterocycles. The first kappa shape index (κ1) is 17.7. The number of amides is 1. The van der Waals surface area contributed by atoms with Crippen molar-refractivity contribution in [2.75, 3.05) is 0 Å². The number of carbonyl (C=O) groups is 1. The predicted molar refractivity (Wildman–Crippen MR) is 93.6 cm³/mol. The Bertz CT molecular complexity index is 820. The van der Waals surface area contributed by atoms with Crippen LogP contribution in [-0.4, -0.2) is 5.91 Å². The Hall–Kier alpha value is -3.08. The van der Waals surface area contributed by atoms with Gasteiger partial charge in [-0.3, -0.25) is 4.79 Å². The number of rotatable bonds is 4. The van der Waals surface area contributed by atoms with Gasteiger partial charge in [0.05, 0.1) is 11.6 Å². The van der Waals surface area contributed by atoms with Crippen LogP contribution in [0.3, 0.4) is 0 Å². The Morgan fingerprint density at radius 1 is 0.731 bits per heavy atom. The molecule has 1 N–H and O–H groups in total. The van der Waals surface area contributed by atoms with Gasteiger partial charge in [0, 0.05) is 5.56 Å². The fraction of sp³-hybridized carbons (Fsp3) is 0.0952. The highest BCUT2D eigenvalue weighted by atomic mass is 19.4. The first-order valence-electron chi connectivity index (χ1n) is 8.03. The lowest BCUT2D eigenvalue weighted by Gasteiger charge is -2.20. The van der Waals surface area contributed by atoms with Gasteiger partial charge in [0.25, 0.3) is 5.91 Å². The van der Waals surface area contributed by atoms with Crippen LogP contribution in [0.4, 0.5) is 13.2 Å². The van der Waals surface area contributed by atoms with Gasteiger partial charge in [0.2, 0.25) is 0 Å². The molecule has 0 heterocycles. The van der Waals surface area contributed by atoms with E-state index >= 15 is 0 Å². The highest BCUT2D eigenvalue weighted by molar-refractivity contribution is 5.94. The summed E-state index contributed by atoms with van der Waals surface area (Å²) in [6.45, 7) is 0. The summed E-state index contributed by atoms with van der Waals surface area (Å²) in [7, 11) is 0. The second-order valence-corrected chi connectivity index (χ2v) is 5.80. The quantitative estimate of drug-likeness (QED) is 0.683. The van der Waals surface area contributed by atoms with E-state index in [0.717, 1.165) is 23.3 Å². The first-order valence-corrected chi connectivity index (χ1v) is 8.03. The van der Waals surface area contributed by atoms with Gasteiger partial charge >= 0.3 is 6.18 Å². The van der Waals surface area contributed by atoms with Crippen LogP contribution >= 0.6 is 0 Å². The average molecular weight is 355 g/mol. The van der Waals surface area contributed by atoms with Crippen LogP contribution in [0.1, 0.15) is 33.1 Å². The number of benzene rings is 3. The summed E-state index contributed by atoms with van der Waals surface area (Å²) in [6.07, 6.45) is -4.42. The molecule has 26 heavy (non-hydrogen) atoms. The van der Waals surface area contributed by atoms with Crippen molar-refractivity contribution in [1.29, 1.82) is 0 Å². The van der Waals surface area contributed by atoms with E-state index < -0.39 is 23.7 Å². The van der Waals surface area contributed by atoms with Crippen LogP contribution in [0.2, 0.25) is 0 Å². The van der Waals surface area contributed by atoms with Crippen molar-refractivity contribution in [3.05, 3.63) is 107 Å². The van der Waals surface area contributed by atoms with Crippen LogP contribution in [-0.2, 0) is 6.18 Å². The molecule has 3 rings (SSSR count). The molecule has 0 radical (unpaired) electrons. The van der Waals surface area contributed by atoms with Crippen molar-refractivity contribution in [2.24, 2.45) is 0 Å². The third kappa shape index (κ3) is 4.11. The molecule has 0 spiro atoms. The molecule has 0 aliphatic carbocycles. The second-order valence-electron chi connectivity index (χ2n) is 5.80. The summed E-state index contributed by atoms with van der Waals surface area (Å²) in [5, 5.41) is 2.90. The minimum atomic E-state index is -4.42. The van der Waals surface area contributed by atoms with Crippen LogP contribution in [0.5, 0.6) is 0 Å². The van der Waals surface area contributed by atoms with Crippen molar-refractivity contribution in [3.8, 4) is 0 Å². The minimum Gasteiger partial charge on any atom is -0.341 e. The van der Waals surface area contributed by atoms with Gasteiger partial charge < -0.3 is 5.32 Å². The molecule has 1 amide bonds. The van der Waals surface area contributed by atoms with Gasteiger partial charge in [0.1, 0.15) is 0 Å². The fourth-order valence-electron chi connectivity index (χ4n) is 2.68. The highest BCUT2D eigenvalue weighted by Crippen LogP contribution is 2.29. The molecule has 0 fully saturated rings. The van der Waals surface area contributed by atoms with Crippen LogP contribution < -0.4 is 5.32 Å². The Balaban J connectivity index is 1.86. The maximum Gasteiger partial charge on any atom is 0.416 e. The highest BCUT2D eigenvalue weighted by Gasteiger charge is 2.30. The molecule has 0 unspecified atom stereocenters. The number of hydrogen-bond donors (Lipinski definition) is 1. The van der Waals surface area contributed by atoms with Gasteiger partial charge in [-0.1, -0.05) is 60.7 Å². The molecule has 3 aromatic carbocycles. The third-order valence-corrected chi connectivity index (χ3v) is 4.02. The molecule has 0 atom stereocenters. The first-order chi connectivity index (χ1) is 12.4. The molecule has 0 aliphatic rings. The lowest BCUT2D eigenvalue weighted by molar-refractivity contribution is -0.137. The van der Waals surface area contributed by atoms with E-state index in [-0.39, 0.29) is 5.56 Å². The van der Waals surface area contributed by atoms with E-state index in [1.54, 1.807) is 0 Å². The standard InChI is InChI=1S/C21H16F3NO/c22-21(23,24)18-13-11-17(12-14-18)20(26)25-19(15-7-3-1-4-8-15)16-9-5-2-6-10-16/h1-14,19H,(H,25,26). The lowest BCUT2D eigenvalue weighted by Crippen LogP contribution is -2.29. The van der Waals surface area contributed by atoms with E-state index in [1.165, 1.54) is 12.1 Å². The molecule has 132 valence electrons.